The van der Waals surface area contributed by atoms with Crippen LogP contribution in [0.5, 0.6) is 5.75 Å². The first kappa shape index (κ1) is 16.5. The van der Waals surface area contributed by atoms with Gasteiger partial charge < -0.3 is 10.1 Å². The summed E-state index contributed by atoms with van der Waals surface area (Å²) in [6, 6.07) is 15.8. The zero-order valence-electron chi connectivity index (χ0n) is 11.9. The highest BCUT2D eigenvalue weighted by Gasteiger charge is 2.21. The Balaban J connectivity index is 1.66. The van der Waals surface area contributed by atoms with Crippen molar-refractivity contribution in [3.63, 3.8) is 0 Å². The molecule has 0 spiro atoms. The molecule has 1 fully saturated rings. The monoisotopic (exact) mass is 453 g/mol. The third-order valence-electron chi connectivity index (χ3n) is 3.17. The van der Waals surface area contributed by atoms with Gasteiger partial charge in [-0.15, -0.1) is 0 Å². The molecule has 0 unspecified atom stereocenters. The van der Waals surface area contributed by atoms with Crippen LogP contribution in [-0.4, -0.2) is 10.2 Å². The molecule has 23 heavy (non-hydrogen) atoms. The lowest BCUT2D eigenvalue weighted by Gasteiger charge is -2.08. The number of hydrogen-bond donors (Lipinski definition) is 1. The van der Waals surface area contributed by atoms with Crippen LogP contribution < -0.4 is 10.1 Å². The van der Waals surface area contributed by atoms with Crippen LogP contribution in [0.15, 0.2) is 53.4 Å². The minimum Gasteiger partial charge on any atom is -0.489 e. The number of rotatable bonds is 4. The van der Waals surface area contributed by atoms with Gasteiger partial charge in [-0.3, -0.25) is 4.79 Å². The van der Waals surface area contributed by atoms with E-state index in [1.54, 1.807) is 0 Å². The lowest BCUT2D eigenvalue weighted by atomic mass is 10.2. The third kappa shape index (κ3) is 4.33. The van der Waals surface area contributed by atoms with Crippen LogP contribution in [0.2, 0.25) is 0 Å². The number of nitrogens with one attached hydrogen (secondary N) is 1. The van der Waals surface area contributed by atoms with Crippen molar-refractivity contribution in [1.82, 2.24) is 5.32 Å². The second kappa shape index (κ2) is 7.46. The van der Waals surface area contributed by atoms with Gasteiger partial charge in [0.05, 0.1) is 4.91 Å². The molecule has 0 radical (unpaired) electrons. The molecule has 1 saturated heterocycles. The van der Waals surface area contributed by atoms with E-state index in [4.69, 9.17) is 17.0 Å². The van der Waals surface area contributed by atoms with Crippen molar-refractivity contribution < 1.29 is 9.53 Å². The maximum absolute atomic E-state index is 11.6. The van der Waals surface area contributed by atoms with Crippen molar-refractivity contribution in [2.45, 2.75) is 6.61 Å². The Morgan fingerprint density at radius 3 is 2.57 bits per heavy atom. The van der Waals surface area contributed by atoms with Gasteiger partial charge in [0.15, 0.2) is 0 Å². The normalized spacial score (nSPS) is 15.8. The number of thioether (sulfide) groups is 1. The van der Waals surface area contributed by atoms with Gasteiger partial charge in [-0.2, -0.15) is 0 Å². The Morgan fingerprint density at radius 1 is 1.17 bits per heavy atom. The molecular weight excluding hydrogens is 441 g/mol. The van der Waals surface area contributed by atoms with Crippen LogP contribution in [0.4, 0.5) is 0 Å². The molecule has 1 aliphatic heterocycles. The van der Waals surface area contributed by atoms with E-state index in [1.807, 2.05) is 42.5 Å². The lowest BCUT2D eigenvalue weighted by molar-refractivity contribution is -0.115. The SMILES string of the molecule is O=C1NC(=S)SC1=Cc1ccc(OCc2ccccc2I)cc1. The minimum absolute atomic E-state index is 0.140. The number of ether oxygens (including phenoxy) is 1. The average Bonchev–Trinajstić information content (AvgIpc) is 2.85. The van der Waals surface area contributed by atoms with Crippen molar-refractivity contribution >= 4 is 62.9 Å². The molecule has 0 aliphatic carbocycles. The summed E-state index contributed by atoms with van der Waals surface area (Å²) in [7, 11) is 0. The van der Waals surface area contributed by atoms with E-state index < -0.39 is 0 Å². The number of hydrogen-bond acceptors (Lipinski definition) is 4. The highest BCUT2D eigenvalue weighted by atomic mass is 127. The lowest BCUT2D eigenvalue weighted by Crippen LogP contribution is -2.17. The summed E-state index contributed by atoms with van der Waals surface area (Å²) in [5.74, 6) is 0.657. The molecule has 2 aromatic carbocycles. The van der Waals surface area contributed by atoms with Crippen LogP contribution in [0, 0.1) is 3.57 Å². The maximum Gasteiger partial charge on any atom is 0.263 e. The standard InChI is InChI=1S/C17H12INO2S2/c18-14-4-2-1-3-12(14)10-21-13-7-5-11(6-8-13)9-15-16(20)19-17(22)23-15/h1-9H,10H2,(H,19,20,22). The van der Waals surface area contributed by atoms with Gasteiger partial charge in [-0.05, 0) is 52.4 Å². The van der Waals surface area contributed by atoms with Crippen molar-refractivity contribution in [1.29, 1.82) is 0 Å². The van der Waals surface area contributed by atoms with Crippen molar-refractivity contribution in [2.75, 3.05) is 0 Å². The van der Waals surface area contributed by atoms with Crippen LogP contribution in [0.25, 0.3) is 6.08 Å². The molecule has 1 amide bonds. The zero-order chi connectivity index (χ0) is 16.2. The fraction of sp³-hybridized carbons (Fsp3) is 0.0588. The summed E-state index contributed by atoms with van der Waals surface area (Å²) in [5.41, 5.74) is 2.10. The summed E-state index contributed by atoms with van der Waals surface area (Å²) in [6.45, 7) is 0.534. The zero-order valence-corrected chi connectivity index (χ0v) is 15.7. The number of amides is 1. The Kier molecular flexibility index (Phi) is 5.34. The second-order valence-electron chi connectivity index (χ2n) is 4.80. The first-order chi connectivity index (χ1) is 11.1. The fourth-order valence-corrected chi connectivity index (χ4v) is 3.60. The van der Waals surface area contributed by atoms with Crippen LogP contribution in [0.3, 0.4) is 0 Å². The number of carbonyl (C=O) groups is 1. The molecular formula is C17H12INO2S2. The summed E-state index contributed by atoms with van der Waals surface area (Å²) in [4.78, 5) is 12.2. The smallest absolute Gasteiger partial charge is 0.263 e. The van der Waals surface area contributed by atoms with Gasteiger partial charge in [0.1, 0.15) is 16.7 Å². The molecule has 6 heteroatoms. The predicted molar refractivity (Wildman–Crippen MR) is 106 cm³/mol. The molecule has 1 heterocycles. The van der Waals surface area contributed by atoms with E-state index in [0.717, 1.165) is 16.9 Å². The van der Waals surface area contributed by atoms with E-state index in [0.29, 0.717) is 15.8 Å². The summed E-state index contributed by atoms with van der Waals surface area (Å²) in [5, 5.41) is 2.60. The van der Waals surface area contributed by atoms with E-state index >= 15 is 0 Å². The number of halogens is 1. The molecule has 1 aliphatic rings. The minimum atomic E-state index is -0.140. The van der Waals surface area contributed by atoms with Crippen molar-refractivity contribution in [2.24, 2.45) is 0 Å². The van der Waals surface area contributed by atoms with Crippen LogP contribution in [-0.2, 0) is 11.4 Å². The van der Waals surface area contributed by atoms with Crippen molar-refractivity contribution in [3.8, 4) is 5.75 Å². The summed E-state index contributed by atoms with van der Waals surface area (Å²) >= 11 is 8.55. The van der Waals surface area contributed by atoms with Gasteiger partial charge in [0, 0.05) is 9.13 Å². The largest absolute Gasteiger partial charge is 0.489 e. The molecule has 116 valence electrons. The van der Waals surface area contributed by atoms with Crippen LogP contribution in [0.1, 0.15) is 11.1 Å². The Bertz CT molecular complexity index is 787. The topological polar surface area (TPSA) is 38.3 Å². The second-order valence-corrected chi connectivity index (χ2v) is 7.68. The van der Waals surface area contributed by atoms with Crippen molar-refractivity contribution in [3.05, 3.63) is 68.1 Å². The van der Waals surface area contributed by atoms with E-state index in [-0.39, 0.29) is 5.91 Å². The van der Waals surface area contributed by atoms with Gasteiger partial charge in [-0.1, -0.05) is 54.3 Å². The van der Waals surface area contributed by atoms with E-state index in [1.165, 1.54) is 15.3 Å². The molecule has 2 aromatic rings. The Hall–Kier alpha value is -1.38. The highest BCUT2D eigenvalue weighted by molar-refractivity contribution is 14.1. The van der Waals surface area contributed by atoms with Gasteiger partial charge in [0.25, 0.3) is 5.91 Å². The predicted octanol–water partition coefficient (Wildman–Crippen LogP) is 4.36. The molecule has 0 aromatic heterocycles. The van der Waals surface area contributed by atoms with Crippen LogP contribution >= 0.6 is 46.6 Å². The first-order valence-electron chi connectivity index (χ1n) is 6.83. The summed E-state index contributed by atoms with van der Waals surface area (Å²) < 4.78 is 7.49. The highest BCUT2D eigenvalue weighted by Crippen LogP contribution is 2.26. The summed E-state index contributed by atoms with van der Waals surface area (Å²) in [6.07, 6.45) is 1.82. The molecule has 3 nitrogen and oxygen atoms in total. The number of benzene rings is 2. The Labute approximate surface area is 157 Å². The molecule has 0 bridgehead atoms. The first-order valence-corrected chi connectivity index (χ1v) is 9.13. The van der Waals surface area contributed by atoms with E-state index in [9.17, 15) is 4.79 Å². The molecule has 3 rings (SSSR count). The number of thiocarbonyl (C=S) groups is 1. The third-order valence-corrected chi connectivity index (χ3v) is 5.39. The average molecular weight is 453 g/mol. The molecule has 0 atom stereocenters. The quantitative estimate of drug-likeness (QED) is 0.424. The van der Waals surface area contributed by atoms with Gasteiger partial charge in [0.2, 0.25) is 0 Å². The van der Waals surface area contributed by atoms with E-state index in [2.05, 4.69) is 40.0 Å². The van der Waals surface area contributed by atoms with Gasteiger partial charge >= 0.3 is 0 Å². The molecule has 1 N–H and O–H groups in total. The molecule has 0 saturated carbocycles. The Morgan fingerprint density at radius 2 is 1.91 bits per heavy atom. The fourth-order valence-electron chi connectivity index (χ4n) is 2.01. The maximum atomic E-state index is 11.6. The van der Waals surface area contributed by atoms with Gasteiger partial charge in [-0.25, -0.2) is 0 Å². The number of carbonyl (C=O) groups excluding carboxylic acids is 1.